The number of ether oxygens (including phenoxy) is 9. The van der Waals surface area contributed by atoms with Crippen LogP contribution < -0.4 is 43.8 Å². The standard InChI is InChI=1S/C90H126N10O28S2/c1-16-57(7)78(74(120-14)49-76(103)99-36-21-26-68(99)83(121-15)58(8)84(107)93-67(89(112)113)44-59-22-18-17-19-23-59)97(9)88(111)77(54(2)3)94-87(110)79(55(4)5)100(10,11)51-66-71(118-12)47-64(48-72(66)119-13)127-130(116,117)128-73-46-62(29-32-70(73)125-90-82(106)81(105)80(104)75(52-101)126-90)86(109)92-34-38-122-40-37-98-50-63(95-96-98)53-124-42-41-123-39-35-91-85(108)61-25-20-24-60(45-61)69(102)33-43-129(114,115)65-30-27-56(6)28-31-65/h17-20,22-25,27-32,45-48,50,54-55,57-58,67-68,74-75,77-83,90,101,104-106H,16,21,26,33-44,49,51-53H2,1-15H3,(H4-,91,92,93,94,107,108,109,110,112,113)/p+1/t57?,58-,67?,68+,74-,75-,77+,78+,79+,80+,81+,82-,83-,90?/m1/s1. The number of aliphatic carboxylic acids is 1. The first-order valence-electron chi connectivity index (χ1n) is 43.1. The van der Waals surface area contributed by atoms with E-state index in [0.717, 1.165) is 23.3 Å². The lowest BCUT2D eigenvalue weighted by molar-refractivity contribution is -0.922. The third-order valence-corrected chi connectivity index (χ3v) is 25.5. The summed E-state index contributed by atoms with van der Waals surface area (Å²) < 4.78 is 119. The van der Waals surface area contributed by atoms with Crippen LogP contribution in [0.25, 0.3) is 0 Å². The van der Waals surface area contributed by atoms with E-state index < -0.39 is 176 Å². The minimum absolute atomic E-state index is 0.00609. The Balaban J connectivity index is 0.846. The van der Waals surface area contributed by atoms with E-state index in [1.54, 1.807) is 102 Å². The molecule has 130 heavy (non-hydrogen) atoms. The molecule has 40 heteroatoms. The molecule has 1 aromatic heterocycles. The molecule has 2 fully saturated rings. The van der Waals surface area contributed by atoms with Gasteiger partial charge in [0.25, 0.3) is 17.7 Å². The van der Waals surface area contributed by atoms with Gasteiger partial charge in [-0.25, -0.2) is 17.9 Å². The van der Waals surface area contributed by atoms with E-state index >= 15 is 9.59 Å². The van der Waals surface area contributed by atoms with Gasteiger partial charge in [0.1, 0.15) is 60.2 Å². The number of nitrogens with one attached hydrogen (secondary N) is 4. The van der Waals surface area contributed by atoms with E-state index in [9.17, 15) is 71.1 Å². The van der Waals surface area contributed by atoms with Gasteiger partial charge in [-0.1, -0.05) is 120 Å². The number of likely N-dealkylation sites (N-methyl/N-ethyl adjacent to an activating group) is 2. The summed E-state index contributed by atoms with van der Waals surface area (Å²) >= 11 is 0. The maximum atomic E-state index is 15.2. The fourth-order valence-corrected chi connectivity index (χ4v) is 17.9. The maximum Gasteiger partial charge on any atom is 0.501 e. The number of amides is 6. The second-order valence-corrected chi connectivity index (χ2v) is 36.8. The molecule has 3 heterocycles. The van der Waals surface area contributed by atoms with Crippen LogP contribution >= 0.6 is 0 Å². The van der Waals surface area contributed by atoms with Gasteiger partial charge in [-0.3, -0.25) is 33.6 Å². The molecule has 0 spiro atoms. The number of aryl methyl sites for hydroxylation is 1. The quantitative estimate of drug-likeness (QED) is 0.0145. The molecule has 0 aliphatic carbocycles. The number of carbonyl (C=O) groups excluding carboxylic acids is 7. The highest BCUT2D eigenvalue weighted by molar-refractivity contribution is 7.91. The highest BCUT2D eigenvalue weighted by Gasteiger charge is 2.48. The fourth-order valence-electron chi connectivity index (χ4n) is 16.0. The number of nitrogens with zero attached hydrogens (tertiary/aromatic N) is 6. The zero-order valence-corrected chi connectivity index (χ0v) is 77.9. The van der Waals surface area contributed by atoms with Crippen LogP contribution in [-0.4, -0.2) is 307 Å². The predicted octanol–water partition coefficient (Wildman–Crippen LogP) is 4.42. The summed E-state index contributed by atoms with van der Waals surface area (Å²) in [7, 11) is 1.76. The van der Waals surface area contributed by atoms with Crippen LogP contribution in [0.15, 0.2) is 120 Å². The van der Waals surface area contributed by atoms with Crippen molar-refractivity contribution in [3.63, 3.8) is 0 Å². The number of carboxylic acids is 1. The van der Waals surface area contributed by atoms with Gasteiger partial charge in [0, 0.05) is 88.5 Å². The molecule has 0 bridgehead atoms. The summed E-state index contributed by atoms with van der Waals surface area (Å²) in [6.45, 7) is 15.3. The van der Waals surface area contributed by atoms with E-state index in [2.05, 4.69) is 31.6 Å². The predicted molar refractivity (Wildman–Crippen MR) is 472 cm³/mol. The SMILES string of the molecule is CCC(C)[C@@H]([C@@H](CC(=O)N1CCC[C@H]1[C@H](OC)[C@@H](C)C(=O)NC(Cc1ccccc1)C(=O)O)OC)N(C)C(=O)[C@@H](NC(=O)[C@H](C(C)C)[N+](C)(C)Cc1c(OC)cc(OS(=O)(=O)Oc2cc(C(=O)NCCOCCn3cc(COCCOCCNC(=O)c4cccc(C(=O)CCS(=O)(=O)c5ccc(C)cc5)c4)nn3)ccc2OC2O[C@H](CO)[C@H](O)[C@H](O)[C@H]2O)cc1OC)C(C)C. The van der Waals surface area contributed by atoms with Crippen molar-refractivity contribution in [3.8, 4) is 28.7 Å². The van der Waals surface area contributed by atoms with Gasteiger partial charge < -0.3 is 112 Å². The number of hydrogen-bond donors (Lipinski definition) is 9. The molecule has 5 aromatic carbocycles. The summed E-state index contributed by atoms with van der Waals surface area (Å²) in [5.74, 6) is -8.47. The summed E-state index contributed by atoms with van der Waals surface area (Å²) in [6, 6.07) is 22.7. The average Bonchev–Trinajstić information content (AvgIpc) is 0.869. The van der Waals surface area contributed by atoms with Crippen molar-refractivity contribution in [1.29, 1.82) is 0 Å². The molecule has 2 aliphatic heterocycles. The van der Waals surface area contributed by atoms with Gasteiger partial charge in [0.15, 0.2) is 38.9 Å². The first-order chi connectivity index (χ1) is 61.7. The van der Waals surface area contributed by atoms with Crippen LogP contribution in [0.2, 0.25) is 0 Å². The topological polar surface area (TPSA) is 493 Å². The number of rotatable bonds is 53. The van der Waals surface area contributed by atoms with Crippen LogP contribution in [0.1, 0.15) is 134 Å². The number of carboxylic acid groups (broad SMARTS) is 1. The van der Waals surface area contributed by atoms with Gasteiger partial charge in [-0.15, -0.1) is 13.5 Å². The van der Waals surface area contributed by atoms with E-state index in [0.29, 0.717) is 37.1 Å². The number of Topliss-reactive ketones (excluding diaryl/α,β-unsaturated/α-hetero) is 1. The van der Waals surface area contributed by atoms with Crippen molar-refractivity contribution in [1.82, 2.24) is 46.1 Å². The number of methoxy groups -OCH3 is 4. The molecule has 0 saturated carbocycles. The lowest BCUT2D eigenvalue weighted by Crippen LogP contribution is -2.63. The van der Waals surface area contributed by atoms with E-state index in [1.807, 2.05) is 40.7 Å². The Hall–Kier alpha value is -10.3. The van der Waals surface area contributed by atoms with Crippen molar-refractivity contribution >= 4 is 67.4 Å². The van der Waals surface area contributed by atoms with Crippen molar-refractivity contribution in [3.05, 3.63) is 154 Å². The van der Waals surface area contributed by atoms with Gasteiger partial charge in [-0.05, 0) is 79.6 Å². The highest BCUT2D eigenvalue weighted by Crippen LogP contribution is 2.40. The summed E-state index contributed by atoms with van der Waals surface area (Å²) in [6.07, 6.45) is -7.67. The zero-order chi connectivity index (χ0) is 95.5. The van der Waals surface area contributed by atoms with Crippen molar-refractivity contribution in [2.75, 3.05) is 115 Å². The Morgan fingerprint density at radius 3 is 1.94 bits per heavy atom. The molecule has 2 aliphatic rings. The number of hydrogen-bond acceptors (Lipinski definition) is 29. The second kappa shape index (κ2) is 49.2. The smallest absolute Gasteiger partial charge is 0.496 e. The molecule has 0 radical (unpaired) electrons. The van der Waals surface area contributed by atoms with E-state index in [1.165, 1.54) is 80.5 Å². The van der Waals surface area contributed by atoms with Crippen molar-refractivity contribution in [2.24, 2.45) is 23.7 Å². The fraction of sp³-hybridized carbons (Fsp3) is 0.556. The average molecular weight is 1860 g/mol. The van der Waals surface area contributed by atoms with Crippen LogP contribution in [0.5, 0.6) is 28.7 Å². The molecule has 3 unspecified atom stereocenters. The second-order valence-electron chi connectivity index (χ2n) is 33.5. The minimum atomic E-state index is -5.30. The van der Waals surface area contributed by atoms with Crippen molar-refractivity contribution < 1.29 is 136 Å². The number of quaternary nitrogens is 1. The molecular formula is C90H127N10O28S2+. The number of benzene rings is 5. The number of aliphatic hydroxyl groups excluding tert-OH is 4. The number of carbonyl (C=O) groups is 8. The Morgan fingerprint density at radius 1 is 0.692 bits per heavy atom. The van der Waals surface area contributed by atoms with Crippen LogP contribution in [0.3, 0.4) is 0 Å². The Labute approximate surface area is 759 Å². The molecule has 6 amide bonds. The number of likely N-dealkylation sites (tertiary alicyclic amines) is 1. The molecule has 9 N–H and O–H groups in total. The Bertz CT molecular complexity index is 4960. The molecule has 38 nitrogen and oxygen atoms in total. The lowest BCUT2D eigenvalue weighted by atomic mass is 9.89. The highest BCUT2D eigenvalue weighted by atomic mass is 32.3. The van der Waals surface area contributed by atoms with Crippen LogP contribution in [0, 0.1) is 30.6 Å². The third kappa shape index (κ3) is 29.1. The third-order valence-electron chi connectivity index (χ3n) is 23.0. The van der Waals surface area contributed by atoms with E-state index in [4.69, 9.17) is 51.0 Å². The molecule has 716 valence electrons. The monoisotopic (exact) mass is 1860 g/mol. The van der Waals surface area contributed by atoms with E-state index in [-0.39, 0.29) is 140 Å². The first kappa shape index (κ1) is 105. The summed E-state index contributed by atoms with van der Waals surface area (Å²) in [4.78, 5) is 114. The van der Waals surface area contributed by atoms with Crippen molar-refractivity contribution in [2.45, 2.75) is 192 Å². The number of aliphatic hydroxyl groups is 4. The maximum absolute atomic E-state index is 15.2. The normalized spacial score (nSPS) is 18.5. The minimum Gasteiger partial charge on any atom is -0.496 e. The zero-order valence-electron chi connectivity index (χ0n) is 76.3. The van der Waals surface area contributed by atoms with Gasteiger partial charge in [-0.2, -0.15) is 0 Å². The molecule has 8 rings (SSSR count). The van der Waals surface area contributed by atoms with Crippen LogP contribution in [-0.2, 0) is 98.7 Å². The van der Waals surface area contributed by atoms with Gasteiger partial charge in [0.2, 0.25) is 24.0 Å². The first-order valence-corrected chi connectivity index (χ1v) is 46.1. The molecule has 14 atom stereocenters. The lowest BCUT2D eigenvalue weighted by Gasteiger charge is -2.42. The summed E-state index contributed by atoms with van der Waals surface area (Å²) in [5.41, 5.74) is 2.74. The number of sulfone groups is 1. The van der Waals surface area contributed by atoms with Gasteiger partial charge >= 0.3 is 16.4 Å². The largest absolute Gasteiger partial charge is 0.501 e. The summed E-state index contributed by atoms with van der Waals surface area (Å²) in [5, 5.41) is 71.5. The Kier molecular flexibility index (Phi) is 39.8. The van der Waals surface area contributed by atoms with Gasteiger partial charge in [0.05, 0.1) is 140 Å². The number of ketones is 1. The molecule has 2 saturated heterocycles. The molecule has 6 aromatic rings. The Morgan fingerprint density at radius 2 is 1.33 bits per heavy atom. The molecular weight excluding hydrogens is 1730 g/mol. The number of aromatic nitrogens is 3. The van der Waals surface area contributed by atoms with Crippen LogP contribution in [0.4, 0.5) is 0 Å².